The number of hydrogen-bond donors (Lipinski definition) is 1. The van der Waals surface area contributed by atoms with Crippen molar-refractivity contribution in [2.75, 3.05) is 26.2 Å². The molecule has 1 unspecified atom stereocenters. The van der Waals surface area contributed by atoms with Gasteiger partial charge in [-0.15, -0.1) is 0 Å². The number of guanidine groups is 1. The van der Waals surface area contributed by atoms with Crippen molar-refractivity contribution in [2.45, 2.75) is 40.5 Å². The quantitative estimate of drug-likeness (QED) is 0.590. The highest BCUT2D eigenvalue weighted by Gasteiger charge is 2.18. The van der Waals surface area contributed by atoms with Gasteiger partial charge in [0.2, 0.25) is 0 Å². The van der Waals surface area contributed by atoms with Gasteiger partial charge in [-0.25, -0.2) is 0 Å². The van der Waals surface area contributed by atoms with Crippen LogP contribution in [0.2, 0.25) is 0 Å². The number of piperidine rings is 1. The maximum atomic E-state index is 4.70. The van der Waals surface area contributed by atoms with Gasteiger partial charge < -0.3 is 10.2 Å². The molecule has 1 aliphatic rings. The van der Waals surface area contributed by atoms with E-state index in [1.54, 1.807) is 0 Å². The molecule has 3 heteroatoms. The molecule has 0 spiro atoms. The van der Waals surface area contributed by atoms with Crippen LogP contribution < -0.4 is 5.32 Å². The van der Waals surface area contributed by atoms with Crippen molar-refractivity contribution < 1.29 is 0 Å². The molecule has 1 rings (SSSR count). The molecule has 3 nitrogen and oxygen atoms in total. The molecule has 1 atom stereocenters. The monoisotopic (exact) mass is 225 g/mol. The molecule has 0 radical (unpaired) electrons. The van der Waals surface area contributed by atoms with Crippen LogP contribution in [0.25, 0.3) is 0 Å². The van der Waals surface area contributed by atoms with Crippen LogP contribution >= 0.6 is 0 Å². The lowest BCUT2D eigenvalue weighted by Gasteiger charge is -2.33. The van der Waals surface area contributed by atoms with Crippen LogP contribution in [0.3, 0.4) is 0 Å². The first-order valence-electron chi connectivity index (χ1n) is 6.66. The van der Waals surface area contributed by atoms with Crippen molar-refractivity contribution in [1.29, 1.82) is 0 Å². The van der Waals surface area contributed by atoms with Crippen LogP contribution in [-0.4, -0.2) is 37.0 Å². The van der Waals surface area contributed by atoms with Gasteiger partial charge in [0.1, 0.15) is 0 Å². The van der Waals surface area contributed by atoms with Crippen LogP contribution in [0, 0.1) is 11.8 Å². The molecular formula is C13H27N3. The Labute approximate surface area is 100 Å². The first-order chi connectivity index (χ1) is 7.63. The second-order valence-corrected chi connectivity index (χ2v) is 5.28. The molecule has 1 heterocycles. The number of likely N-dealkylation sites (tertiary alicyclic amines) is 1. The fraction of sp³-hybridized carbons (Fsp3) is 0.923. The van der Waals surface area contributed by atoms with Crippen molar-refractivity contribution in [3.8, 4) is 0 Å². The summed E-state index contributed by atoms with van der Waals surface area (Å²) in [6.07, 6.45) is 2.66. The molecular weight excluding hydrogens is 198 g/mol. The molecule has 0 aromatic carbocycles. The SMILES string of the molecule is CCNC(=NCC(C)C)N1CCCC(C)C1. The summed E-state index contributed by atoms with van der Waals surface area (Å²) in [5, 5.41) is 3.40. The molecule has 0 saturated carbocycles. The van der Waals surface area contributed by atoms with Crippen molar-refractivity contribution in [3.63, 3.8) is 0 Å². The van der Waals surface area contributed by atoms with Gasteiger partial charge in [-0.3, -0.25) is 4.99 Å². The van der Waals surface area contributed by atoms with E-state index >= 15 is 0 Å². The molecule has 0 aliphatic carbocycles. The normalized spacial score (nSPS) is 22.7. The molecule has 16 heavy (non-hydrogen) atoms. The fourth-order valence-corrected chi connectivity index (χ4v) is 2.08. The Morgan fingerprint density at radius 1 is 1.50 bits per heavy atom. The van der Waals surface area contributed by atoms with Crippen LogP contribution in [0.15, 0.2) is 4.99 Å². The number of rotatable bonds is 3. The molecule has 0 aromatic rings. The van der Waals surface area contributed by atoms with Gasteiger partial charge in [-0.05, 0) is 31.6 Å². The van der Waals surface area contributed by atoms with E-state index in [1.165, 1.54) is 12.8 Å². The van der Waals surface area contributed by atoms with Gasteiger partial charge in [-0.2, -0.15) is 0 Å². The first kappa shape index (κ1) is 13.3. The predicted molar refractivity (Wildman–Crippen MR) is 70.8 cm³/mol. The van der Waals surface area contributed by atoms with Crippen LogP contribution in [0.4, 0.5) is 0 Å². The van der Waals surface area contributed by atoms with Gasteiger partial charge in [0, 0.05) is 26.2 Å². The van der Waals surface area contributed by atoms with Crippen LogP contribution in [-0.2, 0) is 0 Å². The molecule has 1 fully saturated rings. The second-order valence-electron chi connectivity index (χ2n) is 5.28. The summed E-state index contributed by atoms with van der Waals surface area (Å²) in [6, 6.07) is 0. The number of nitrogens with one attached hydrogen (secondary N) is 1. The first-order valence-corrected chi connectivity index (χ1v) is 6.66. The Balaban J connectivity index is 2.57. The van der Waals surface area contributed by atoms with Crippen molar-refractivity contribution in [1.82, 2.24) is 10.2 Å². The Morgan fingerprint density at radius 2 is 2.25 bits per heavy atom. The minimum atomic E-state index is 0.635. The Hall–Kier alpha value is -0.730. The van der Waals surface area contributed by atoms with Crippen LogP contribution in [0.1, 0.15) is 40.5 Å². The van der Waals surface area contributed by atoms with E-state index in [4.69, 9.17) is 4.99 Å². The summed E-state index contributed by atoms with van der Waals surface area (Å²) in [5.74, 6) is 2.55. The minimum Gasteiger partial charge on any atom is -0.357 e. The lowest BCUT2D eigenvalue weighted by atomic mass is 10.0. The highest BCUT2D eigenvalue weighted by Crippen LogP contribution is 2.15. The largest absolute Gasteiger partial charge is 0.357 e. The topological polar surface area (TPSA) is 27.6 Å². The molecule has 1 saturated heterocycles. The van der Waals surface area contributed by atoms with Gasteiger partial charge in [0.05, 0.1) is 0 Å². The summed E-state index contributed by atoms with van der Waals surface area (Å²) >= 11 is 0. The summed E-state index contributed by atoms with van der Waals surface area (Å²) < 4.78 is 0. The Morgan fingerprint density at radius 3 is 2.81 bits per heavy atom. The number of aliphatic imine (C=N–C) groups is 1. The van der Waals surface area contributed by atoms with E-state index in [9.17, 15) is 0 Å². The summed E-state index contributed by atoms with van der Waals surface area (Å²) in [5.41, 5.74) is 0. The molecule has 0 amide bonds. The zero-order valence-electron chi connectivity index (χ0n) is 11.3. The van der Waals surface area contributed by atoms with Crippen molar-refractivity contribution in [3.05, 3.63) is 0 Å². The van der Waals surface area contributed by atoms with Crippen molar-refractivity contribution in [2.24, 2.45) is 16.8 Å². The molecule has 1 N–H and O–H groups in total. The van der Waals surface area contributed by atoms with E-state index in [2.05, 4.69) is 37.9 Å². The third-order valence-corrected chi connectivity index (χ3v) is 2.90. The standard InChI is InChI=1S/C13H27N3/c1-5-14-13(15-9-11(2)3)16-8-6-7-12(4)10-16/h11-12H,5-10H2,1-4H3,(H,14,15). The summed E-state index contributed by atoms with van der Waals surface area (Å²) in [7, 11) is 0. The average molecular weight is 225 g/mol. The van der Waals surface area contributed by atoms with E-state index < -0.39 is 0 Å². The van der Waals surface area contributed by atoms with E-state index in [1.807, 2.05) is 0 Å². The van der Waals surface area contributed by atoms with E-state index in [0.717, 1.165) is 38.1 Å². The highest BCUT2D eigenvalue weighted by molar-refractivity contribution is 5.80. The van der Waals surface area contributed by atoms with Crippen LogP contribution in [0.5, 0.6) is 0 Å². The van der Waals surface area contributed by atoms with E-state index in [-0.39, 0.29) is 0 Å². The summed E-state index contributed by atoms with van der Waals surface area (Å²) in [6.45, 7) is 13.1. The van der Waals surface area contributed by atoms with E-state index in [0.29, 0.717) is 5.92 Å². The number of nitrogens with zero attached hydrogens (tertiary/aromatic N) is 2. The maximum Gasteiger partial charge on any atom is 0.193 e. The Kier molecular flexibility index (Phi) is 5.64. The third kappa shape index (κ3) is 4.42. The summed E-state index contributed by atoms with van der Waals surface area (Å²) in [4.78, 5) is 7.12. The van der Waals surface area contributed by atoms with Gasteiger partial charge in [0.15, 0.2) is 5.96 Å². The number of hydrogen-bond acceptors (Lipinski definition) is 1. The average Bonchev–Trinajstić information content (AvgIpc) is 2.24. The van der Waals surface area contributed by atoms with Gasteiger partial charge in [-0.1, -0.05) is 20.8 Å². The zero-order valence-corrected chi connectivity index (χ0v) is 11.3. The smallest absolute Gasteiger partial charge is 0.193 e. The third-order valence-electron chi connectivity index (χ3n) is 2.90. The predicted octanol–water partition coefficient (Wildman–Crippen LogP) is 2.34. The molecule has 94 valence electrons. The van der Waals surface area contributed by atoms with Crippen molar-refractivity contribution >= 4 is 5.96 Å². The van der Waals surface area contributed by atoms with Gasteiger partial charge in [0.25, 0.3) is 0 Å². The maximum absolute atomic E-state index is 4.70. The molecule has 0 bridgehead atoms. The lowest BCUT2D eigenvalue weighted by molar-refractivity contribution is 0.265. The second kappa shape index (κ2) is 6.77. The highest BCUT2D eigenvalue weighted by atomic mass is 15.3. The zero-order chi connectivity index (χ0) is 12.0. The lowest BCUT2D eigenvalue weighted by Crippen LogP contribution is -2.46. The molecule has 1 aliphatic heterocycles. The minimum absolute atomic E-state index is 0.635. The molecule has 0 aromatic heterocycles. The Bertz CT molecular complexity index is 223. The van der Waals surface area contributed by atoms with Gasteiger partial charge >= 0.3 is 0 Å². The fourth-order valence-electron chi connectivity index (χ4n) is 2.08.